The fraction of sp³-hybridized carbons (Fsp3) is 0.650. The molecule has 25 heavy (non-hydrogen) atoms. The van der Waals surface area contributed by atoms with Gasteiger partial charge in [-0.3, -0.25) is 9.69 Å². The SMILES string of the molecule is CC(CCN1CCCC1)NC(=O)C1CN(Cc2ccccc2)CCO1. The molecule has 0 aromatic heterocycles. The van der Waals surface area contributed by atoms with Crippen LogP contribution in [0.3, 0.4) is 0 Å². The van der Waals surface area contributed by atoms with Crippen LogP contribution >= 0.6 is 0 Å². The summed E-state index contributed by atoms with van der Waals surface area (Å²) in [5, 5.41) is 3.14. The van der Waals surface area contributed by atoms with E-state index >= 15 is 0 Å². The molecular formula is C20H31N3O2. The van der Waals surface area contributed by atoms with Crippen LogP contribution in [0.2, 0.25) is 0 Å². The topological polar surface area (TPSA) is 44.8 Å². The van der Waals surface area contributed by atoms with E-state index in [1.807, 2.05) is 6.07 Å². The first-order valence-corrected chi connectivity index (χ1v) is 9.61. The highest BCUT2D eigenvalue weighted by Gasteiger charge is 2.27. The standard InChI is InChI=1S/C20H31N3O2/c1-17(9-12-22-10-5-6-11-22)21-20(24)19-16-23(13-14-25-19)15-18-7-3-2-4-8-18/h2-4,7-8,17,19H,5-6,9-16H2,1H3,(H,21,24). The molecule has 0 aliphatic carbocycles. The van der Waals surface area contributed by atoms with E-state index in [1.165, 1.54) is 31.5 Å². The molecule has 2 aliphatic heterocycles. The number of hydrogen-bond donors (Lipinski definition) is 1. The van der Waals surface area contributed by atoms with Crippen LogP contribution in [0.5, 0.6) is 0 Å². The second kappa shape index (κ2) is 9.32. The molecule has 1 amide bonds. The Morgan fingerprint density at radius 1 is 1.20 bits per heavy atom. The van der Waals surface area contributed by atoms with Crippen molar-refractivity contribution in [1.82, 2.24) is 15.1 Å². The molecule has 2 unspecified atom stereocenters. The summed E-state index contributed by atoms with van der Waals surface area (Å²) < 4.78 is 5.72. The number of nitrogens with zero attached hydrogens (tertiary/aromatic N) is 2. The number of hydrogen-bond acceptors (Lipinski definition) is 4. The van der Waals surface area contributed by atoms with Crippen LogP contribution in [-0.2, 0) is 16.1 Å². The van der Waals surface area contributed by atoms with E-state index in [4.69, 9.17) is 4.74 Å². The number of carbonyl (C=O) groups excluding carboxylic acids is 1. The van der Waals surface area contributed by atoms with Crippen molar-refractivity contribution in [1.29, 1.82) is 0 Å². The zero-order valence-corrected chi connectivity index (χ0v) is 15.3. The average molecular weight is 345 g/mol. The minimum absolute atomic E-state index is 0.0340. The molecule has 0 bridgehead atoms. The summed E-state index contributed by atoms with van der Waals surface area (Å²) in [4.78, 5) is 17.3. The predicted octanol–water partition coefficient (Wildman–Crippen LogP) is 1.88. The van der Waals surface area contributed by atoms with Crippen molar-refractivity contribution in [2.45, 2.75) is 44.9 Å². The normalized spacial score (nSPS) is 23.5. The van der Waals surface area contributed by atoms with Crippen LogP contribution in [0, 0.1) is 0 Å². The van der Waals surface area contributed by atoms with Gasteiger partial charge in [0.25, 0.3) is 5.91 Å². The van der Waals surface area contributed by atoms with Gasteiger partial charge in [-0.2, -0.15) is 0 Å². The minimum atomic E-state index is -0.355. The minimum Gasteiger partial charge on any atom is -0.366 e. The van der Waals surface area contributed by atoms with E-state index in [0.717, 1.165) is 26.1 Å². The van der Waals surface area contributed by atoms with Crippen molar-refractivity contribution in [3.05, 3.63) is 35.9 Å². The Morgan fingerprint density at radius 3 is 2.72 bits per heavy atom. The highest BCUT2D eigenvalue weighted by atomic mass is 16.5. The van der Waals surface area contributed by atoms with Gasteiger partial charge < -0.3 is 15.0 Å². The molecule has 0 spiro atoms. The number of likely N-dealkylation sites (tertiary alicyclic amines) is 1. The van der Waals surface area contributed by atoms with E-state index < -0.39 is 0 Å². The smallest absolute Gasteiger partial charge is 0.250 e. The van der Waals surface area contributed by atoms with Gasteiger partial charge in [-0.1, -0.05) is 30.3 Å². The summed E-state index contributed by atoms with van der Waals surface area (Å²) in [6, 6.07) is 10.6. The predicted molar refractivity (Wildman–Crippen MR) is 99.4 cm³/mol. The van der Waals surface area contributed by atoms with E-state index in [1.54, 1.807) is 0 Å². The van der Waals surface area contributed by atoms with E-state index in [-0.39, 0.29) is 18.1 Å². The van der Waals surface area contributed by atoms with Gasteiger partial charge in [-0.05, 0) is 44.8 Å². The molecule has 2 atom stereocenters. The third kappa shape index (κ3) is 5.80. The molecule has 3 rings (SSSR count). The molecule has 2 fully saturated rings. The summed E-state index contributed by atoms with van der Waals surface area (Å²) in [7, 11) is 0. The van der Waals surface area contributed by atoms with Gasteiger partial charge in [0.1, 0.15) is 6.10 Å². The maximum atomic E-state index is 12.5. The zero-order valence-electron chi connectivity index (χ0n) is 15.3. The van der Waals surface area contributed by atoms with E-state index in [9.17, 15) is 4.79 Å². The maximum Gasteiger partial charge on any atom is 0.250 e. The van der Waals surface area contributed by atoms with Gasteiger partial charge in [0.2, 0.25) is 0 Å². The van der Waals surface area contributed by atoms with Gasteiger partial charge in [-0.15, -0.1) is 0 Å². The largest absolute Gasteiger partial charge is 0.366 e. The monoisotopic (exact) mass is 345 g/mol. The van der Waals surface area contributed by atoms with Gasteiger partial charge in [0.05, 0.1) is 6.61 Å². The van der Waals surface area contributed by atoms with Crippen LogP contribution in [0.4, 0.5) is 0 Å². The van der Waals surface area contributed by atoms with Crippen LogP contribution in [0.25, 0.3) is 0 Å². The van der Waals surface area contributed by atoms with Crippen LogP contribution < -0.4 is 5.32 Å². The Kier molecular flexibility index (Phi) is 6.84. The lowest BCUT2D eigenvalue weighted by Gasteiger charge is -2.32. The van der Waals surface area contributed by atoms with Gasteiger partial charge >= 0.3 is 0 Å². The first kappa shape index (κ1) is 18.4. The first-order chi connectivity index (χ1) is 12.2. The number of carbonyl (C=O) groups is 1. The summed E-state index contributed by atoms with van der Waals surface area (Å²) in [6.45, 7) is 8.63. The number of benzene rings is 1. The Labute approximate surface area is 151 Å². The number of nitrogens with one attached hydrogen (secondary N) is 1. The molecule has 5 nitrogen and oxygen atoms in total. The third-order valence-corrected chi connectivity index (χ3v) is 5.16. The molecule has 2 heterocycles. The average Bonchev–Trinajstić information content (AvgIpc) is 3.15. The Balaban J connectivity index is 1.41. The van der Waals surface area contributed by atoms with E-state index in [2.05, 4.69) is 46.3 Å². The molecule has 0 saturated carbocycles. The van der Waals surface area contributed by atoms with Crippen molar-refractivity contribution >= 4 is 5.91 Å². The number of amides is 1. The lowest BCUT2D eigenvalue weighted by atomic mass is 10.1. The molecule has 1 aromatic rings. The summed E-state index contributed by atoms with van der Waals surface area (Å²) in [6.07, 6.45) is 3.28. The second-order valence-electron chi connectivity index (χ2n) is 7.33. The highest BCUT2D eigenvalue weighted by molar-refractivity contribution is 5.81. The van der Waals surface area contributed by atoms with Crippen molar-refractivity contribution in [2.75, 3.05) is 39.3 Å². The Morgan fingerprint density at radius 2 is 1.96 bits per heavy atom. The fourth-order valence-corrected chi connectivity index (χ4v) is 3.64. The van der Waals surface area contributed by atoms with Crippen molar-refractivity contribution in [3.8, 4) is 0 Å². The molecule has 0 radical (unpaired) electrons. The summed E-state index contributed by atoms with van der Waals surface area (Å²) in [5.74, 6) is 0.0340. The van der Waals surface area contributed by atoms with Crippen molar-refractivity contribution in [3.63, 3.8) is 0 Å². The Hall–Kier alpha value is -1.43. The van der Waals surface area contributed by atoms with Gasteiger partial charge in [0, 0.05) is 32.2 Å². The van der Waals surface area contributed by atoms with Crippen molar-refractivity contribution < 1.29 is 9.53 Å². The molecule has 1 aromatic carbocycles. The molecular weight excluding hydrogens is 314 g/mol. The van der Waals surface area contributed by atoms with Gasteiger partial charge in [-0.25, -0.2) is 0 Å². The van der Waals surface area contributed by atoms with Gasteiger partial charge in [0.15, 0.2) is 0 Å². The maximum absolute atomic E-state index is 12.5. The number of ether oxygens (including phenoxy) is 1. The molecule has 1 N–H and O–H groups in total. The third-order valence-electron chi connectivity index (χ3n) is 5.16. The molecule has 138 valence electrons. The molecule has 2 aliphatic rings. The second-order valence-corrected chi connectivity index (χ2v) is 7.33. The van der Waals surface area contributed by atoms with E-state index in [0.29, 0.717) is 13.2 Å². The van der Waals surface area contributed by atoms with Crippen LogP contribution in [0.1, 0.15) is 31.7 Å². The van der Waals surface area contributed by atoms with Crippen molar-refractivity contribution in [2.24, 2.45) is 0 Å². The van der Waals surface area contributed by atoms with Crippen LogP contribution in [0.15, 0.2) is 30.3 Å². The number of rotatable bonds is 7. The Bertz CT molecular complexity index is 531. The lowest BCUT2D eigenvalue weighted by molar-refractivity contribution is -0.139. The zero-order chi connectivity index (χ0) is 17.5. The summed E-state index contributed by atoms with van der Waals surface area (Å²) in [5.41, 5.74) is 1.28. The lowest BCUT2D eigenvalue weighted by Crippen LogP contribution is -2.51. The van der Waals surface area contributed by atoms with Crippen LogP contribution in [-0.4, -0.2) is 67.2 Å². The number of morpholine rings is 1. The molecule has 5 heteroatoms. The first-order valence-electron chi connectivity index (χ1n) is 9.61. The molecule has 2 saturated heterocycles. The fourth-order valence-electron chi connectivity index (χ4n) is 3.64. The highest BCUT2D eigenvalue weighted by Crippen LogP contribution is 2.12. The summed E-state index contributed by atoms with van der Waals surface area (Å²) >= 11 is 0. The quantitative estimate of drug-likeness (QED) is 0.820.